The van der Waals surface area contributed by atoms with Gasteiger partial charge in [-0.3, -0.25) is 10.9 Å². The van der Waals surface area contributed by atoms with E-state index < -0.39 is 0 Å². The number of hydrogen-bond donors (Lipinski definition) is 3. The Balaban J connectivity index is 1.76. The third-order valence-electron chi connectivity index (χ3n) is 2.82. The molecule has 0 heterocycles. The fourth-order valence-corrected chi connectivity index (χ4v) is 2.07. The monoisotopic (exact) mass is 361 g/mol. The fraction of sp³-hybridized carbons (Fsp3) is 0.0625. The standard InChI is InChI=1S/C16H16BrN3S/c1-12(14-7-9-15(17)10-8-14)19-20-16(21)18-11-13-5-3-2-4-6-13/h2-10,19H,1,11H2,(H2,18,20,21). The van der Waals surface area contributed by atoms with Gasteiger partial charge in [-0.1, -0.05) is 65.0 Å². The number of hydrogen-bond acceptors (Lipinski definition) is 2. The summed E-state index contributed by atoms with van der Waals surface area (Å²) in [6, 6.07) is 18.0. The first kappa shape index (κ1) is 15.5. The van der Waals surface area contributed by atoms with Crippen molar-refractivity contribution in [2.75, 3.05) is 0 Å². The lowest BCUT2D eigenvalue weighted by atomic mass is 10.2. The normalized spacial score (nSPS) is 9.76. The Labute approximate surface area is 138 Å². The van der Waals surface area contributed by atoms with E-state index in [-0.39, 0.29) is 0 Å². The highest BCUT2D eigenvalue weighted by Gasteiger charge is 2.00. The van der Waals surface area contributed by atoms with Gasteiger partial charge >= 0.3 is 0 Å². The van der Waals surface area contributed by atoms with Crippen molar-refractivity contribution in [1.82, 2.24) is 16.2 Å². The lowest BCUT2D eigenvalue weighted by Crippen LogP contribution is -2.42. The van der Waals surface area contributed by atoms with E-state index in [9.17, 15) is 0 Å². The lowest BCUT2D eigenvalue weighted by Gasteiger charge is -2.14. The fourth-order valence-electron chi connectivity index (χ4n) is 1.68. The van der Waals surface area contributed by atoms with E-state index in [1.54, 1.807) is 0 Å². The van der Waals surface area contributed by atoms with Crippen LogP contribution in [0.15, 0.2) is 65.6 Å². The SMILES string of the molecule is C=C(NNC(=S)NCc1ccccc1)c1ccc(Br)cc1. The van der Waals surface area contributed by atoms with Gasteiger partial charge in [-0.05, 0) is 35.5 Å². The van der Waals surface area contributed by atoms with Crippen molar-refractivity contribution in [2.45, 2.75) is 6.54 Å². The zero-order valence-electron chi connectivity index (χ0n) is 11.4. The van der Waals surface area contributed by atoms with Crippen molar-refractivity contribution < 1.29 is 0 Å². The predicted octanol–water partition coefficient (Wildman–Crippen LogP) is 3.59. The minimum absolute atomic E-state index is 0.525. The summed E-state index contributed by atoms with van der Waals surface area (Å²) >= 11 is 8.61. The number of benzene rings is 2. The van der Waals surface area contributed by atoms with Gasteiger partial charge in [0.05, 0.1) is 5.70 Å². The van der Waals surface area contributed by atoms with E-state index >= 15 is 0 Å². The quantitative estimate of drug-likeness (QED) is 0.561. The Morgan fingerprint density at radius 2 is 1.67 bits per heavy atom. The number of rotatable bonds is 5. The molecule has 0 amide bonds. The first-order valence-corrected chi connectivity index (χ1v) is 7.64. The molecule has 21 heavy (non-hydrogen) atoms. The number of halogens is 1. The average molecular weight is 362 g/mol. The number of hydrazine groups is 1. The van der Waals surface area contributed by atoms with Gasteiger partial charge in [0.15, 0.2) is 5.11 Å². The molecule has 2 aromatic carbocycles. The summed E-state index contributed by atoms with van der Waals surface area (Å²) in [6.07, 6.45) is 0. The Morgan fingerprint density at radius 1 is 1.00 bits per heavy atom. The molecule has 0 atom stereocenters. The minimum atomic E-state index is 0.525. The summed E-state index contributed by atoms with van der Waals surface area (Å²) in [4.78, 5) is 0. The Morgan fingerprint density at radius 3 is 2.33 bits per heavy atom. The van der Waals surface area contributed by atoms with Gasteiger partial charge in [0, 0.05) is 11.0 Å². The first-order chi connectivity index (χ1) is 10.1. The van der Waals surface area contributed by atoms with Crippen LogP contribution in [0.25, 0.3) is 5.70 Å². The van der Waals surface area contributed by atoms with Crippen LogP contribution < -0.4 is 16.2 Å². The summed E-state index contributed by atoms with van der Waals surface area (Å²) in [5, 5.41) is 3.65. The molecule has 0 aliphatic rings. The molecular weight excluding hydrogens is 346 g/mol. The first-order valence-electron chi connectivity index (χ1n) is 6.44. The highest BCUT2D eigenvalue weighted by Crippen LogP contribution is 2.14. The smallest absolute Gasteiger partial charge is 0.185 e. The molecule has 0 aliphatic heterocycles. The largest absolute Gasteiger partial charge is 0.357 e. The molecule has 0 fully saturated rings. The second-order valence-corrected chi connectivity index (χ2v) is 5.73. The van der Waals surface area contributed by atoms with Crippen LogP contribution in [0.4, 0.5) is 0 Å². The molecule has 5 heteroatoms. The third kappa shape index (κ3) is 5.21. The van der Waals surface area contributed by atoms with Crippen LogP contribution in [-0.2, 0) is 6.54 Å². The second-order valence-electron chi connectivity index (χ2n) is 4.40. The third-order valence-corrected chi connectivity index (χ3v) is 3.59. The molecule has 0 saturated carbocycles. The minimum Gasteiger partial charge on any atom is -0.357 e. The topological polar surface area (TPSA) is 36.1 Å². The van der Waals surface area contributed by atoms with Crippen LogP contribution in [0.3, 0.4) is 0 Å². The Kier molecular flexibility index (Phi) is 5.78. The van der Waals surface area contributed by atoms with Crippen molar-refractivity contribution in [2.24, 2.45) is 0 Å². The molecule has 0 radical (unpaired) electrons. The van der Waals surface area contributed by atoms with Crippen molar-refractivity contribution in [3.63, 3.8) is 0 Å². The van der Waals surface area contributed by atoms with Gasteiger partial charge in [0.2, 0.25) is 0 Å². The van der Waals surface area contributed by atoms with E-state index in [1.165, 1.54) is 5.56 Å². The van der Waals surface area contributed by atoms with Crippen LogP contribution >= 0.6 is 28.1 Å². The summed E-state index contributed by atoms with van der Waals surface area (Å²) in [5.41, 5.74) is 8.84. The molecule has 2 rings (SSSR count). The molecule has 0 spiro atoms. The molecule has 108 valence electrons. The maximum atomic E-state index is 5.21. The van der Waals surface area contributed by atoms with Crippen LogP contribution in [-0.4, -0.2) is 5.11 Å². The van der Waals surface area contributed by atoms with Gasteiger partial charge < -0.3 is 5.32 Å². The van der Waals surface area contributed by atoms with Crippen molar-refractivity contribution in [3.05, 3.63) is 76.8 Å². The summed E-state index contributed by atoms with van der Waals surface area (Å²) in [5.74, 6) is 0. The lowest BCUT2D eigenvalue weighted by molar-refractivity contribution is 0.789. The maximum Gasteiger partial charge on any atom is 0.185 e. The number of nitrogens with one attached hydrogen (secondary N) is 3. The summed E-state index contributed by atoms with van der Waals surface area (Å²) in [7, 11) is 0. The van der Waals surface area contributed by atoms with Crippen LogP contribution in [0.2, 0.25) is 0 Å². The van der Waals surface area contributed by atoms with Gasteiger partial charge in [-0.2, -0.15) is 0 Å². The number of thiocarbonyl (C=S) groups is 1. The summed E-state index contributed by atoms with van der Waals surface area (Å²) in [6.45, 7) is 4.65. The summed E-state index contributed by atoms with van der Waals surface area (Å²) < 4.78 is 1.03. The van der Waals surface area contributed by atoms with E-state index in [1.807, 2.05) is 54.6 Å². The maximum absolute atomic E-state index is 5.21. The molecule has 0 aromatic heterocycles. The Bertz CT molecular complexity index is 611. The van der Waals surface area contributed by atoms with E-state index in [0.29, 0.717) is 11.7 Å². The van der Waals surface area contributed by atoms with E-state index in [4.69, 9.17) is 12.2 Å². The van der Waals surface area contributed by atoms with E-state index in [0.717, 1.165) is 15.7 Å². The van der Waals surface area contributed by atoms with Crippen molar-refractivity contribution in [3.8, 4) is 0 Å². The molecule has 0 aliphatic carbocycles. The van der Waals surface area contributed by atoms with Crippen LogP contribution in [0.1, 0.15) is 11.1 Å². The molecule has 2 aromatic rings. The molecule has 0 unspecified atom stereocenters. The van der Waals surface area contributed by atoms with Gasteiger partial charge in [0.25, 0.3) is 0 Å². The second kappa shape index (κ2) is 7.81. The van der Waals surface area contributed by atoms with Crippen LogP contribution in [0, 0.1) is 0 Å². The molecule has 0 bridgehead atoms. The van der Waals surface area contributed by atoms with E-state index in [2.05, 4.69) is 38.7 Å². The van der Waals surface area contributed by atoms with Gasteiger partial charge in [-0.15, -0.1) is 0 Å². The van der Waals surface area contributed by atoms with Crippen molar-refractivity contribution in [1.29, 1.82) is 0 Å². The highest BCUT2D eigenvalue weighted by atomic mass is 79.9. The molecule has 0 saturated heterocycles. The highest BCUT2D eigenvalue weighted by molar-refractivity contribution is 9.10. The van der Waals surface area contributed by atoms with Crippen molar-refractivity contribution >= 4 is 39.0 Å². The zero-order valence-corrected chi connectivity index (χ0v) is 13.8. The molecular formula is C16H16BrN3S. The Hall–Kier alpha value is -1.85. The van der Waals surface area contributed by atoms with Gasteiger partial charge in [0.1, 0.15) is 0 Å². The molecule has 3 N–H and O–H groups in total. The molecule has 3 nitrogen and oxygen atoms in total. The average Bonchev–Trinajstić information content (AvgIpc) is 2.52. The van der Waals surface area contributed by atoms with Crippen LogP contribution in [0.5, 0.6) is 0 Å². The predicted molar refractivity (Wildman–Crippen MR) is 95.3 cm³/mol. The van der Waals surface area contributed by atoms with Gasteiger partial charge in [-0.25, -0.2) is 0 Å². The zero-order chi connectivity index (χ0) is 15.1.